The number of urea groups is 1. The lowest BCUT2D eigenvalue weighted by molar-refractivity contribution is -0.0290. The van der Waals surface area contributed by atoms with E-state index in [0.717, 1.165) is 25.0 Å². The molecule has 1 aromatic carbocycles. The molecule has 1 aromatic rings. The zero-order valence-electron chi connectivity index (χ0n) is 11.8. The Labute approximate surface area is 119 Å². The van der Waals surface area contributed by atoms with Gasteiger partial charge in [-0.3, -0.25) is 0 Å². The van der Waals surface area contributed by atoms with Gasteiger partial charge in [0.15, 0.2) is 0 Å². The molecule has 0 aromatic heterocycles. The molecule has 5 nitrogen and oxygen atoms in total. The van der Waals surface area contributed by atoms with Crippen molar-refractivity contribution in [2.45, 2.75) is 37.9 Å². The molecule has 1 aliphatic rings. The van der Waals surface area contributed by atoms with Gasteiger partial charge in [-0.15, -0.1) is 0 Å². The molecule has 20 heavy (non-hydrogen) atoms. The van der Waals surface area contributed by atoms with Crippen molar-refractivity contribution < 1.29 is 14.6 Å². The van der Waals surface area contributed by atoms with Crippen LogP contribution in [0.15, 0.2) is 30.3 Å². The van der Waals surface area contributed by atoms with Crippen LogP contribution in [0.4, 0.5) is 4.79 Å². The Balaban J connectivity index is 1.62. The first-order chi connectivity index (χ1) is 9.57. The third-order valence-electron chi connectivity index (χ3n) is 3.49. The lowest BCUT2D eigenvalue weighted by atomic mass is 9.80. The quantitative estimate of drug-likeness (QED) is 0.741. The van der Waals surface area contributed by atoms with Crippen molar-refractivity contribution in [2.24, 2.45) is 0 Å². The van der Waals surface area contributed by atoms with Gasteiger partial charge in [0.2, 0.25) is 0 Å². The number of hydrogen-bond donors (Lipinski definition) is 3. The lowest BCUT2D eigenvalue weighted by Gasteiger charge is -2.36. The maximum atomic E-state index is 11.6. The monoisotopic (exact) mass is 278 g/mol. The average Bonchev–Trinajstić information content (AvgIpc) is 2.42. The Morgan fingerprint density at radius 2 is 2.05 bits per heavy atom. The third-order valence-corrected chi connectivity index (χ3v) is 3.49. The molecular formula is C15H22N2O3. The van der Waals surface area contributed by atoms with Crippen molar-refractivity contribution in [2.75, 3.05) is 13.1 Å². The number of carbonyl (C=O) groups excluding carboxylic acids is 1. The number of rotatable bonds is 6. The van der Waals surface area contributed by atoms with Gasteiger partial charge in [0, 0.05) is 6.54 Å². The van der Waals surface area contributed by atoms with Crippen molar-refractivity contribution in [3.63, 3.8) is 0 Å². The molecule has 0 radical (unpaired) electrons. The normalized spacial score (nSPS) is 17.7. The van der Waals surface area contributed by atoms with Gasteiger partial charge in [0.05, 0.1) is 12.1 Å². The molecule has 2 rings (SSSR count). The predicted octanol–water partition coefficient (Wildman–Crippen LogP) is 1.67. The summed E-state index contributed by atoms with van der Waals surface area (Å²) in [5.41, 5.74) is -0.691. The molecule has 110 valence electrons. The number of amides is 2. The van der Waals surface area contributed by atoms with Crippen LogP contribution in [0.3, 0.4) is 0 Å². The highest BCUT2D eigenvalue weighted by atomic mass is 16.5. The molecular weight excluding hydrogens is 256 g/mol. The number of benzene rings is 1. The molecule has 2 amide bonds. The van der Waals surface area contributed by atoms with Gasteiger partial charge >= 0.3 is 6.03 Å². The second kappa shape index (κ2) is 6.61. The van der Waals surface area contributed by atoms with E-state index < -0.39 is 5.60 Å². The van der Waals surface area contributed by atoms with Crippen LogP contribution in [-0.2, 0) is 0 Å². The van der Waals surface area contributed by atoms with E-state index in [2.05, 4.69) is 10.6 Å². The zero-order valence-corrected chi connectivity index (χ0v) is 11.8. The second-order valence-corrected chi connectivity index (χ2v) is 5.38. The van der Waals surface area contributed by atoms with E-state index in [1.54, 1.807) is 0 Å². The van der Waals surface area contributed by atoms with Crippen LogP contribution < -0.4 is 15.4 Å². The van der Waals surface area contributed by atoms with E-state index in [9.17, 15) is 9.90 Å². The van der Waals surface area contributed by atoms with Crippen molar-refractivity contribution in [3.8, 4) is 5.75 Å². The minimum absolute atomic E-state index is 0.116. The number of ether oxygens (including phenoxy) is 1. The Morgan fingerprint density at radius 1 is 1.35 bits per heavy atom. The highest BCUT2D eigenvalue weighted by molar-refractivity contribution is 5.73. The summed E-state index contributed by atoms with van der Waals surface area (Å²) in [6.07, 6.45) is 2.44. The third kappa shape index (κ3) is 4.42. The number of para-hydroxylation sites is 1. The van der Waals surface area contributed by atoms with Crippen molar-refractivity contribution in [3.05, 3.63) is 30.3 Å². The Hall–Kier alpha value is -1.75. The summed E-state index contributed by atoms with van der Waals surface area (Å²) < 4.78 is 5.65. The summed E-state index contributed by atoms with van der Waals surface area (Å²) in [5, 5.41) is 15.3. The molecule has 0 bridgehead atoms. The first kappa shape index (κ1) is 14.7. The van der Waals surface area contributed by atoms with Crippen molar-refractivity contribution in [1.29, 1.82) is 0 Å². The highest BCUT2D eigenvalue weighted by Gasteiger charge is 2.34. The van der Waals surface area contributed by atoms with Crippen molar-refractivity contribution in [1.82, 2.24) is 10.6 Å². The summed E-state index contributed by atoms with van der Waals surface area (Å²) in [6, 6.07) is 9.22. The maximum absolute atomic E-state index is 11.6. The summed E-state index contributed by atoms with van der Waals surface area (Å²) in [4.78, 5) is 11.6. The Bertz CT molecular complexity index is 432. The molecule has 1 atom stereocenters. The summed E-state index contributed by atoms with van der Waals surface area (Å²) in [7, 11) is 0. The summed E-state index contributed by atoms with van der Waals surface area (Å²) in [6.45, 7) is 2.62. The highest BCUT2D eigenvalue weighted by Crippen LogP contribution is 2.30. The molecule has 1 fully saturated rings. The van der Waals surface area contributed by atoms with Crippen LogP contribution in [0.1, 0.15) is 26.2 Å². The first-order valence-corrected chi connectivity index (χ1v) is 7.03. The fourth-order valence-electron chi connectivity index (χ4n) is 2.08. The van der Waals surface area contributed by atoms with Crippen LogP contribution >= 0.6 is 0 Å². The van der Waals surface area contributed by atoms with Crippen LogP contribution in [0.2, 0.25) is 0 Å². The van der Waals surface area contributed by atoms with Crippen LogP contribution in [0.25, 0.3) is 0 Å². The smallest absolute Gasteiger partial charge is 0.315 e. The zero-order chi connectivity index (χ0) is 14.4. The van der Waals surface area contributed by atoms with E-state index in [0.29, 0.717) is 13.1 Å². The van der Waals surface area contributed by atoms with Gasteiger partial charge in [0.25, 0.3) is 0 Å². The molecule has 3 N–H and O–H groups in total. The molecule has 0 saturated heterocycles. The second-order valence-electron chi connectivity index (χ2n) is 5.38. The minimum Gasteiger partial charge on any atom is -0.489 e. The van der Waals surface area contributed by atoms with Gasteiger partial charge in [-0.05, 0) is 38.3 Å². The largest absolute Gasteiger partial charge is 0.489 e. The minimum atomic E-state index is -0.691. The Morgan fingerprint density at radius 3 is 2.65 bits per heavy atom. The molecule has 0 aliphatic heterocycles. The van der Waals surface area contributed by atoms with E-state index >= 15 is 0 Å². The molecule has 5 heteroatoms. The summed E-state index contributed by atoms with van der Waals surface area (Å²) >= 11 is 0. The maximum Gasteiger partial charge on any atom is 0.315 e. The van der Waals surface area contributed by atoms with Crippen LogP contribution in [-0.4, -0.2) is 35.9 Å². The fraction of sp³-hybridized carbons (Fsp3) is 0.533. The number of carbonyl (C=O) groups is 1. The SMILES string of the molecule is CC(CNC(=O)NCC1(O)CCC1)Oc1ccccc1. The molecule has 1 unspecified atom stereocenters. The van der Waals surface area contributed by atoms with Gasteiger partial charge in [0.1, 0.15) is 11.9 Å². The van der Waals surface area contributed by atoms with Gasteiger partial charge in [-0.25, -0.2) is 4.79 Å². The predicted molar refractivity (Wildman–Crippen MR) is 76.7 cm³/mol. The van der Waals surface area contributed by atoms with Gasteiger partial charge in [-0.2, -0.15) is 0 Å². The molecule has 1 saturated carbocycles. The van der Waals surface area contributed by atoms with Crippen LogP contribution in [0, 0.1) is 0 Å². The topological polar surface area (TPSA) is 70.6 Å². The van der Waals surface area contributed by atoms with Crippen molar-refractivity contribution >= 4 is 6.03 Å². The average molecular weight is 278 g/mol. The van der Waals surface area contributed by atoms with E-state index in [4.69, 9.17) is 4.74 Å². The number of nitrogens with one attached hydrogen (secondary N) is 2. The molecule has 0 heterocycles. The van der Waals surface area contributed by atoms with Gasteiger partial charge < -0.3 is 20.5 Å². The fourth-order valence-corrected chi connectivity index (χ4v) is 2.08. The Kier molecular flexibility index (Phi) is 4.84. The van der Waals surface area contributed by atoms with E-state index in [1.165, 1.54) is 0 Å². The molecule has 0 spiro atoms. The van der Waals surface area contributed by atoms with Crippen LogP contribution in [0.5, 0.6) is 5.75 Å². The van der Waals surface area contributed by atoms with Gasteiger partial charge in [-0.1, -0.05) is 18.2 Å². The summed E-state index contributed by atoms with van der Waals surface area (Å²) in [5.74, 6) is 0.783. The first-order valence-electron chi connectivity index (χ1n) is 7.03. The van der Waals surface area contributed by atoms with E-state index in [-0.39, 0.29) is 12.1 Å². The van der Waals surface area contributed by atoms with E-state index in [1.807, 2.05) is 37.3 Å². The number of aliphatic hydroxyl groups is 1. The number of hydrogen-bond acceptors (Lipinski definition) is 3. The molecule has 1 aliphatic carbocycles. The lowest BCUT2D eigenvalue weighted by Crippen LogP contribution is -2.50. The standard InChI is InChI=1S/C15H22N2O3/c1-12(20-13-6-3-2-4-7-13)10-16-14(18)17-11-15(19)8-5-9-15/h2-4,6-7,12,19H,5,8-11H2,1H3,(H2,16,17,18).